The van der Waals surface area contributed by atoms with Crippen molar-refractivity contribution in [2.45, 2.75) is 0 Å². The summed E-state index contributed by atoms with van der Waals surface area (Å²) in [6.07, 6.45) is 0. The molecule has 0 aromatic heterocycles. The molecule has 0 saturated heterocycles. The molecule has 0 unspecified atom stereocenters. The van der Waals surface area contributed by atoms with Crippen LogP contribution in [0.3, 0.4) is 0 Å². The summed E-state index contributed by atoms with van der Waals surface area (Å²) in [7, 11) is 3.34. The maximum absolute atomic E-state index is 13.1. The Hall–Kier alpha value is -1.58. The van der Waals surface area contributed by atoms with Crippen molar-refractivity contribution in [3.8, 4) is 0 Å². The molecule has 1 aromatic rings. The number of para-hydroxylation sites is 1. The van der Waals surface area contributed by atoms with Crippen LogP contribution in [0.5, 0.6) is 0 Å². The Bertz CT molecular complexity index is 309. The molecule has 0 heterocycles. The minimum Gasteiger partial charge on any atom is -0.359 e. The fourth-order valence-corrected chi connectivity index (χ4v) is 0.920. The zero-order valence-corrected chi connectivity index (χ0v) is 7.63. The number of nitrogens with zero attached hydrogens (tertiary/aromatic N) is 1. The van der Waals surface area contributed by atoms with E-state index in [0.29, 0.717) is 11.6 Å². The number of anilines is 1. The molecule has 0 amide bonds. The van der Waals surface area contributed by atoms with E-state index in [1.165, 1.54) is 6.07 Å². The number of guanidine groups is 1. The first-order valence-corrected chi connectivity index (χ1v) is 3.94. The summed E-state index contributed by atoms with van der Waals surface area (Å²) in [5, 5.41) is 5.61. The van der Waals surface area contributed by atoms with Gasteiger partial charge in [-0.25, -0.2) is 4.39 Å². The van der Waals surface area contributed by atoms with Gasteiger partial charge < -0.3 is 10.6 Å². The van der Waals surface area contributed by atoms with E-state index in [1.54, 1.807) is 32.3 Å². The fourth-order valence-electron chi connectivity index (χ4n) is 0.920. The van der Waals surface area contributed by atoms with E-state index in [4.69, 9.17) is 0 Å². The zero-order valence-electron chi connectivity index (χ0n) is 7.63. The first kappa shape index (κ1) is 9.51. The lowest BCUT2D eigenvalue weighted by molar-refractivity contribution is 0.632. The quantitative estimate of drug-likeness (QED) is 0.508. The summed E-state index contributed by atoms with van der Waals surface area (Å²) < 4.78 is 13.1. The number of rotatable bonds is 1. The SMILES string of the molecule is CN=C(NC)Nc1ccccc1F. The van der Waals surface area contributed by atoms with Crippen LogP contribution in [0.15, 0.2) is 29.3 Å². The van der Waals surface area contributed by atoms with Gasteiger partial charge in [0.1, 0.15) is 5.82 Å². The predicted octanol–water partition coefficient (Wildman–Crippen LogP) is 1.44. The standard InChI is InChI=1S/C9H12FN3/c1-11-9(12-2)13-8-6-4-3-5-7(8)10/h3-6H,1-2H3,(H2,11,12,13). The highest BCUT2D eigenvalue weighted by atomic mass is 19.1. The van der Waals surface area contributed by atoms with Gasteiger partial charge in [0.2, 0.25) is 0 Å². The van der Waals surface area contributed by atoms with Crippen molar-refractivity contribution in [1.29, 1.82) is 0 Å². The summed E-state index contributed by atoms with van der Waals surface area (Å²) in [4.78, 5) is 3.87. The Morgan fingerprint density at radius 1 is 1.38 bits per heavy atom. The molecule has 0 aliphatic carbocycles. The molecule has 4 heteroatoms. The summed E-state index contributed by atoms with van der Waals surface area (Å²) >= 11 is 0. The number of nitrogens with one attached hydrogen (secondary N) is 2. The van der Waals surface area contributed by atoms with Crippen molar-refractivity contribution >= 4 is 11.6 Å². The molecule has 0 aliphatic heterocycles. The van der Waals surface area contributed by atoms with E-state index in [9.17, 15) is 4.39 Å². The normalized spacial score (nSPS) is 11.2. The third kappa shape index (κ3) is 2.43. The van der Waals surface area contributed by atoms with Gasteiger partial charge in [-0.3, -0.25) is 4.99 Å². The van der Waals surface area contributed by atoms with Gasteiger partial charge in [0.05, 0.1) is 5.69 Å². The number of hydrogen-bond acceptors (Lipinski definition) is 1. The highest BCUT2D eigenvalue weighted by Crippen LogP contribution is 2.11. The van der Waals surface area contributed by atoms with Gasteiger partial charge in [-0.1, -0.05) is 12.1 Å². The van der Waals surface area contributed by atoms with E-state index < -0.39 is 0 Å². The van der Waals surface area contributed by atoms with Crippen molar-refractivity contribution in [1.82, 2.24) is 5.32 Å². The van der Waals surface area contributed by atoms with Gasteiger partial charge in [0.15, 0.2) is 5.96 Å². The molecule has 2 N–H and O–H groups in total. The molecule has 0 spiro atoms. The minimum absolute atomic E-state index is 0.293. The number of benzene rings is 1. The average Bonchev–Trinajstić information content (AvgIpc) is 2.17. The molecular weight excluding hydrogens is 169 g/mol. The van der Waals surface area contributed by atoms with Crippen LogP contribution < -0.4 is 10.6 Å². The van der Waals surface area contributed by atoms with Gasteiger partial charge in [-0.2, -0.15) is 0 Å². The molecular formula is C9H12FN3. The van der Waals surface area contributed by atoms with Crippen molar-refractivity contribution in [3.63, 3.8) is 0 Å². The first-order chi connectivity index (χ1) is 6.27. The highest BCUT2D eigenvalue weighted by molar-refractivity contribution is 5.93. The second-order valence-corrected chi connectivity index (χ2v) is 2.43. The van der Waals surface area contributed by atoms with Crippen molar-refractivity contribution in [2.24, 2.45) is 4.99 Å². The number of halogens is 1. The lowest BCUT2D eigenvalue weighted by Gasteiger charge is -2.08. The van der Waals surface area contributed by atoms with E-state index >= 15 is 0 Å². The van der Waals surface area contributed by atoms with E-state index in [-0.39, 0.29) is 5.82 Å². The molecule has 0 fully saturated rings. The van der Waals surface area contributed by atoms with Gasteiger partial charge in [0.25, 0.3) is 0 Å². The summed E-state index contributed by atoms with van der Waals surface area (Å²) in [5.74, 6) is 0.240. The summed E-state index contributed by atoms with van der Waals surface area (Å²) in [5.41, 5.74) is 0.414. The highest BCUT2D eigenvalue weighted by Gasteiger charge is 2.00. The Morgan fingerprint density at radius 2 is 2.08 bits per heavy atom. The first-order valence-electron chi connectivity index (χ1n) is 3.94. The van der Waals surface area contributed by atoms with Crippen LogP contribution in [-0.4, -0.2) is 20.1 Å². The van der Waals surface area contributed by atoms with Gasteiger partial charge >= 0.3 is 0 Å². The van der Waals surface area contributed by atoms with Crippen LogP contribution >= 0.6 is 0 Å². The molecule has 0 aliphatic rings. The predicted molar refractivity (Wildman–Crippen MR) is 52.4 cm³/mol. The van der Waals surface area contributed by atoms with E-state index in [2.05, 4.69) is 15.6 Å². The lowest BCUT2D eigenvalue weighted by atomic mass is 10.3. The van der Waals surface area contributed by atoms with Crippen LogP contribution in [0.25, 0.3) is 0 Å². The maximum Gasteiger partial charge on any atom is 0.195 e. The number of aliphatic imine (C=N–C) groups is 1. The molecule has 3 nitrogen and oxygen atoms in total. The van der Waals surface area contributed by atoms with Crippen LogP contribution in [0.2, 0.25) is 0 Å². The molecule has 13 heavy (non-hydrogen) atoms. The van der Waals surface area contributed by atoms with Gasteiger partial charge in [0, 0.05) is 14.1 Å². The Labute approximate surface area is 76.7 Å². The van der Waals surface area contributed by atoms with Crippen LogP contribution in [0.4, 0.5) is 10.1 Å². The molecule has 70 valence electrons. The molecule has 0 radical (unpaired) electrons. The monoisotopic (exact) mass is 181 g/mol. The van der Waals surface area contributed by atoms with Gasteiger partial charge in [-0.05, 0) is 12.1 Å². The average molecular weight is 181 g/mol. The number of hydrogen-bond donors (Lipinski definition) is 2. The Morgan fingerprint density at radius 3 is 2.62 bits per heavy atom. The smallest absolute Gasteiger partial charge is 0.195 e. The van der Waals surface area contributed by atoms with Crippen molar-refractivity contribution < 1.29 is 4.39 Å². The van der Waals surface area contributed by atoms with Crippen LogP contribution in [-0.2, 0) is 0 Å². The minimum atomic E-state index is -0.293. The summed E-state index contributed by atoms with van der Waals surface area (Å²) in [6, 6.07) is 6.44. The lowest BCUT2D eigenvalue weighted by Crippen LogP contribution is -2.27. The Kier molecular flexibility index (Phi) is 3.25. The summed E-state index contributed by atoms with van der Waals surface area (Å²) in [6.45, 7) is 0. The van der Waals surface area contributed by atoms with Gasteiger partial charge in [-0.15, -0.1) is 0 Å². The second kappa shape index (κ2) is 4.45. The maximum atomic E-state index is 13.1. The van der Waals surface area contributed by atoms with Crippen LogP contribution in [0.1, 0.15) is 0 Å². The third-order valence-electron chi connectivity index (χ3n) is 1.59. The zero-order chi connectivity index (χ0) is 9.68. The second-order valence-electron chi connectivity index (χ2n) is 2.43. The molecule has 1 rings (SSSR count). The molecule has 0 bridgehead atoms. The largest absolute Gasteiger partial charge is 0.359 e. The van der Waals surface area contributed by atoms with E-state index in [1.807, 2.05) is 0 Å². The van der Waals surface area contributed by atoms with Crippen molar-refractivity contribution in [3.05, 3.63) is 30.1 Å². The molecule has 0 saturated carbocycles. The molecule has 1 aromatic carbocycles. The Balaban J connectivity index is 2.80. The van der Waals surface area contributed by atoms with Crippen LogP contribution in [0, 0.1) is 5.82 Å². The molecule has 0 atom stereocenters. The van der Waals surface area contributed by atoms with E-state index in [0.717, 1.165) is 0 Å². The van der Waals surface area contributed by atoms with Crippen molar-refractivity contribution in [2.75, 3.05) is 19.4 Å². The third-order valence-corrected chi connectivity index (χ3v) is 1.59. The topological polar surface area (TPSA) is 36.4 Å². The fraction of sp³-hybridized carbons (Fsp3) is 0.222.